The Morgan fingerprint density at radius 3 is 2.38 bits per heavy atom. The zero-order valence-electron chi connectivity index (χ0n) is 20.8. The number of carbonyl (C=O) groups is 1. The van der Waals surface area contributed by atoms with Crippen LogP contribution >= 0.6 is 23.2 Å². The minimum Gasteiger partial charge on any atom is -0.505 e. The van der Waals surface area contributed by atoms with Crippen molar-refractivity contribution in [3.05, 3.63) is 81.8 Å². The van der Waals surface area contributed by atoms with E-state index in [1.807, 2.05) is 0 Å². The number of benzene rings is 4. The highest BCUT2D eigenvalue weighted by atomic mass is 35.5. The van der Waals surface area contributed by atoms with Crippen molar-refractivity contribution in [3.63, 3.8) is 0 Å². The molecule has 1 amide bonds. The number of carbonyl (C=O) groups excluding carboxylic acids is 1. The SMILES string of the molecule is CCOc1c(Cl)cccc1NC(=O)c1cc2ccccc2c(N=Nc2c(Cl)ccc(S(=O)(=O)O)c2CC)c1O. The normalized spacial score (nSPS) is 11.7. The fourth-order valence-corrected chi connectivity index (χ4v) is 5.30. The summed E-state index contributed by atoms with van der Waals surface area (Å²) in [4.78, 5) is 13.0. The highest BCUT2D eigenvalue weighted by Gasteiger charge is 2.22. The van der Waals surface area contributed by atoms with E-state index in [4.69, 9.17) is 27.9 Å². The Morgan fingerprint density at radius 1 is 0.974 bits per heavy atom. The summed E-state index contributed by atoms with van der Waals surface area (Å²) >= 11 is 12.5. The minimum atomic E-state index is -4.55. The van der Waals surface area contributed by atoms with Crippen LogP contribution in [-0.4, -0.2) is 30.6 Å². The summed E-state index contributed by atoms with van der Waals surface area (Å²) in [7, 11) is -4.55. The fourth-order valence-electron chi connectivity index (χ4n) is 4.06. The number of phenolic OH excluding ortho intramolecular Hbond substituents is 1. The van der Waals surface area contributed by atoms with Crippen LogP contribution in [0.3, 0.4) is 0 Å². The van der Waals surface area contributed by atoms with Crippen LogP contribution in [0.4, 0.5) is 17.1 Å². The molecule has 0 heterocycles. The lowest BCUT2D eigenvalue weighted by Crippen LogP contribution is -2.13. The van der Waals surface area contributed by atoms with E-state index in [1.54, 1.807) is 56.3 Å². The number of nitrogens with one attached hydrogen (secondary N) is 1. The van der Waals surface area contributed by atoms with Gasteiger partial charge in [-0.25, -0.2) is 0 Å². The Hall–Kier alpha value is -3.70. The second-order valence-corrected chi connectivity index (χ2v) is 10.5. The summed E-state index contributed by atoms with van der Waals surface area (Å²) in [6, 6.07) is 15.8. The number of rotatable bonds is 8. The first-order valence-corrected chi connectivity index (χ1v) is 13.9. The molecule has 0 saturated heterocycles. The number of halogens is 2. The van der Waals surface area contributed by atoms with Gasteiger partial charge in [-0.05, 0) is 49.1 Å². The van der Waals surface area contributed by atoms with E-state index in [-0.39, 0.29) is 44.6 Å². The van der Waals surface area contributed by atoms with Crippen molar-refractivity contribution in [2.45, 2.75) is 25.2 Å². The van der Waals surface area contributed by atoms with E-state index in [0.29, 0.717) is 28.1 Å². The van der Waals surface area contributed by atoms with Gasteiger partial charge < -0.3 is 15.2 Å². The maximum atomic E-state index is 13.3. The molecule has 0 atom stereocenters. The number of fused-ring (bicyclic) bond motifs is 1. The second-order valence-electron chi connectivity index (χ2n) is 8.25. The third-order valence-corrected chi connectivity index (χ3v) is 7.36. The van der Waals surface area contributed by atoms with E-state index in [2.05, 4.69) is 15.5 Å². The summed E-state index contributed by atoms with van der Waals surface area (Å²) in [6.07, 6.45) is 0.168. The number of azo groups is 1. The summed E-state index contributed by atoms with van der Waals surface area (Å²) < 4.78 is 38.9. The molecule has 0 fully saturated rings. The highest BCUT2D eigenvalue weighted by Crippen LogP contribution is 2.42. The topological polar surface area (TPSA) is 138 Å². The Balaban J connectivity index is 1.85. The van der Waals surface area contributed by atoms with Gasteiger partial charge in [-0.2, -0.15) is 8.42 Å². The van der Waals surface area contributed by atoms with E-state index in [1.165, 1.54) is 18.2 Å². The number of anilines is 1. The Labute approximate surface area is 234 Å². The van der Waals surface area contributed by atoms with Crippen LogP contribution < -0.4 is 10.1 Å². The molecule has 3 N–H and O–H groups in total. The van der Waals surface area contributed by atoms with Gasteiger partial charge in [0, 0.05) is 10.9 Å². The molecule has 0 saturated carbocycles. The van der Waals surface area contributed by atoms with Gasteiger partial charge in [0.15, 0.2) is 11.5 Å². The number of nitrogens with zero attached hydrogens (tertiary/aromatic N) is 2. The highest BCUT2D eigenvalue weighted by molar-refractivity contribution is 7.85. The van der Waals surface area contributed by atoms with Gasteiger partial charge in [-0.3, -0.25) is 9.35 Å². The second kappa shape index (κ2) is 11.6. The van der Waals surface area contributed by atoms with Gasteiger partial charge in [0.2, 0.25) is 0 Å². The maximum Gasteiger partial charge on any atom is 0.294 e. The van der Waals surface area contributed by atoms with Gasteiger partial charge in [0.05, 0.1) is 32.8 Å². The van der Waals surface area contributed by atoms with E-state index >= 15 is 0 Å². The van der Waals surface area contributed by atoms with Crippen molar-refractivity contribution in [2.24, 2.45) is 10.2 Å². The molecule has 0 aromatic heterocycles. The zero-order valence-corrected chi connectivity index (χ0v) is 23.1. The number of ether oxygens (including phenoxy) is 1. The van der Waals surface area contributed by atoms with Crippen LogP contribution in [0, 0.1) is 0 Å². The molecule has 0 aliphatic rings. The first kappa shape index (κ1) is 28.3. The van der Waals surface area contributed by atoms with Crippen LogP contribution in [0.2, 0.25) is 10.0 Å². The molecule has 12 heteroatoms. The van der Waals surface area contributed by atoms with E-state index in [9.17, 15) is 22.9 Å². The summed E-state index contributed by atoms with van der Waals surface area (Å²) in [5, 5.41) is 23.7. The third-order valence-electron chi connectivity index (χ3n) is 5.82. The predicted molar refractivity (Wildman–Crippen MR) is 151 cm³/mol. The van der Waals surface area contributed by atoms with Gasteiger partial charge in [-0.15, -0.1) is 10.2 Å². The summed E-state index contributed by atoms with van der Waals surface area (Å²) in [5.41, 5.74) is 0.332. The predicted octanol–water partition coefficient (Wildman–Crippen LogP) is 7.73. The number of phenols is 1. The van der Waals surface area contributed by atoms with Crippen LogP contribution in [-0.2, 0) is 16.5 Å². The Bertz CT molecular complexity index is 1720. The molecule has 0 bridgehead atoms. The average Bonchev–Trinajstić information content (AvgIpc) is 2.89. The zero-order chi connectivity index (χ0) is 28.3. The van der Waals surface area contributed by atoms with Crippen molar-refractivity contribution in [1.29, 1.82) is 0 Å². The number of hydrogen-bond donors (Lipinski definition) is 3. The number of hydrogen-bond acceptors (Lipinski definition) is 7. The standard InChI is InChI=1S/C27H23Cl2N3O6S/c1-3-16-22(39(35,36)37)13-12-19(28)23(16)31-32-24-17-9-6-5-8-15(17)14-18(25(24)33)27(34)30-21-11-7-10-20(29)26(21)38-4-2/h5-14,33H,3-4H2,1-2H3,(H,30,34)(H,35,36,37). The van der Waals surface area contributed by atoms with Crippen molar-refractivity contribution in [3.8, 4) is 11.5 Å². The Morgan fingerprint density at radius 2 is 1.69 bits per heavy atom. The molecule has 4 aromatic rings. The average molecular weight is 588 g/mol. The minimum absolute atomic E-state index is 0.00732. The molecular weight excluding hydrogens is 565 g/mol. The molecule has 0 unspecified atom stereocenters. The van der Waals surface area contributed by atoms with Crippen molar-refractivity contribution < 1.29 is 27.6 Å². The monoisotopic (exact) mass is 587 g/mol. The largest absolute Gasteiger partial charge is 0.505 e. The van der Waals surface area contributed by atoms with Crippen LogP contribution in [0.15, 0.2) is 75.8 Å². The van der Waals surface area contributed by atoms with Gasteiger partial charge in [-0.1, -0.05) is 60.5 Å². The molecule has 0 radical (unpaired) electrons. The number of aromatic hydroxyl groups is 1. The van der Waals surface area contributed by atoms with E-state index < -0.39 is 21.8 Å². The Kier molecular flexibility index (Phi) is 8.41. The molecule has 9 nitrogen and oxygen atoms in total. The number of para-hydroxylation sites is 1. The first-order chi connectivity index (χ1) is 18.6. The fraction of sp³-hybridized carbons (Fsp3) is 0.148. The maximum absolute atomic E-state index is 13.3. The molecular formula is C27H23Cl2N3O6S. The molecule has 39 heavy (non-hydrogen) atoms. The van der Waals surface area contributed by atoms with Gasteiger partial charge in [0.1, 0.15) is 11.4 Å². The smallest absolute Gasteiger partial charge is 0.294 e. The number of amides is 1. The van der Waals surface area contributed by atoms with Crippen molar-refractivity contribution in [1.82, 2.24) is 0 Å². The van der Waals surface area contributed by atoms with Crippen LogP contribution in [0.1, 0.15) is 29.8 Å². The van der Waals surface area contributed by atoms with E-state index in [0.717, 1.165) is 0 Å². The first-order valence-electron chi connectivity index (χ1n) is 11.7. The van der Waals surface area contributed by atoms with Crippen LogP contribution in [0.25, 0.3) is 10.8 Å². The molecule has 202 valence electrons. The summed E-state index contributed by atoms with van der Waals surface area (Å²) in [6.45, 7) is 3.77. The van der Waals surface area contributed by atoms with Crippen molar-refractivity contribution in [2.75, 3.05) is 11.9 Å². The molecule has 0 aliphatic carbocycles. The molecule has 4 aromatic carbocycles. The lowest BCUT2D eigenvalue weighted by atomic mass is 10.0. The lowest BCUT2D eigenvalue weighted by molar-refractivity contribution is 0.102. The molecule has 0 spiro atoms. The van der Waals surface area contributed by atoms with Gasteiger partial charge in [0.25, 0.3) is 16.0 Å². The van der Waals surface area contributed by atoms with Gasteiger partial charge >= 0.3 is 0 Å². The summed E-state index contributed by atoms with van der Waals surface area (Å²) in [5.74, 6) is -0.829. The quantitative estimate of drug-likeness (QED) is 0.142. The molecule has 0 aliphatic heterocycles. The molecule has 4 rings (SSSR count). The lowest BCUT2D eigenvalue weighted by Gasteiger charge is -2.15. The van der Waals surface area contributed by atoms with Crippen LogP contribution in [0.5, 0.6) is 11.5 Å². The third kappa shape index (κ3) is 5.84. The van der Waals surface area contributed by atoms with Crippen molar-refractivity contribution >= 4 is 67.1 Å².